The molecule has 0 saturated heterocycles. The minimum absolute atomic E-state index is 0. The van der Waals surface area contributed by atoms with E-state index in [4.69, 9.17) is 0 Å². The van der Waals surface area contributed by atoms with Gasteiger partial charge in [-0.2, -0.15) is 6.20 Å². The molecule has 0 bridgehead atoms. The van der Waals surface area contributed by atoms with E-state index >= 15 is 0 Å². The fraction of sp³-hybridized carbons (Fsp3) is 0.0400. The van der Waals surface area contributed by atoms with Gasteiger partial charge in [0.25, 0.3) is 0 Å². The second kappa shape index (κ2) is 9.36. The van der Waals surface area contributed by atoms with Crippen LogP contribution < -0.4 is 51.4 Å². The van der Waals surface area contributed by atoms with Gasteiger partial charge in [-0.05, 0) is 53.5 Å². The molecule has 0 aliphatic rings. The summed E-state index contributed by atoms with van der Waals surface area (Å²) in [7, 11) is 0. The van der Waals surface area contributed by atoms with E-state index < -0.39 is 0 Å². The molecule has 0 spiro atoms. The van der Waals surface area contributed by atoms with Gasteiger partial charge in [-0.1, -0.05) is 55.1 Å². The van der Waals surface area contributed by atoms with Crippen LogP contribution in [-0.2, 0) is 0 Å². The van der Waals surface area contributed by atoms with Gasteiger partial charge in [0.1, 0.15) is 0 Å². The molecule has 4 rings (SSSR count). The zero-order valence-electron chi connectivity index (χ0n) is 16.3. The molecule has 0 aliphatic carbocycles. The summed E-state index contributed by atoms with van der Waals surface area (Å²) < 4.78 is 2.64. The second-order valence-electron chi connectivity index (χ2n) is 6.38. The van der Waals surface area contributed by atoms with Crippen molar-refractivity contribution in [2.75, 3.05) is 0 Å². The molecule has 0 atom stereocenters. The van der Waals surface area contributed by atoms with Crippen LogP contribution in [-0.4, -0.2) is 0 Å². The van der Waals surface area contributed by atoms with Gasteiger partial charge in [0.05, 0.1) is 0 Å². The van der Waals surface area contributed by atoms with Crippen LogP contribution in [0.3, 0.4) is 0 Å². The maximum atomic E-state index is 4.40. The Morgan fingerprint density at radius 2 is 1.64 bits per heavy atom. The monoisotopic (exact) mass is 405 g/mol. The molecule has 0 unspecified atom stereocenters. The maximum absolute atomic E-state index is 4.40. The third kappa shape index (κ3) is 4.11. The van der Waals surface area contributed by atoms with E-state index in [1.165, 1.54) is 25.7 Å². The van der Waals surface area contributed by atoms with Crippen molar-refractivity contribution in [1.29, 1.82) is 0 Å². The summed E-state index contributed by atoms with van der Waals surface area (Å²) in [6, 6.07) is 21.6. The Morgan fingerprint density at radius 3 is 2.43 bits per heavy atom. The van der Waals surface area contributed by atoms with Crippen molar-refractivity contribution in [2.45, 2.75) is 6.92 Å². The Bertz CT molecular complexity index is 1200. The molecule has 0 fully saturated rings. The van der Waals surface area contributed by atoms with Crippen LogP contribution in [0, 0.1) is 0 Å². The molecule has 0 aliphatic heterocycles. The molecule has 0 N–H and O–H groups in total. The molecule has 1 nitrogen and oxygen atoms in total. The molecule has 1 heterocycles. The van der Waals surface area contributed by atoms with E-state index in [1.54, 1.807) is 6.20 Å². The van der Waals surface area contributed by atoms with Crippen molar-refractivity contribution >= 4 is 42.8 Å². The number of hydrogen-bond acceptors (Lipinski definition) is 1. The van der Waals surface area contributed by atoms with Gasteiger partial charge in [0.2, 0.25) is 0 Å². The van der Waals surface area contributed by atoms with Gasteiger partial charge >= 0.3 is 51.4 Å². The summed E-state index contributed by atoms with van der Waals surface area (Å²) in [4.78, 5) is 0. The third-order valence-electron chi connectivity index (χ3n) is 4.65. The largest absolute Gasteiger partial charge is 1.00 e. The van der Waals surface area contributed by atoms with Gasteiger partial charge in [-0.25, -0.2) is 0 Å². The van der Waals surface area contributed by atoms with Gasteiger partial charge in [0, 0.05) is 20.2 Å². The number of benzene rings is 3. The first kappa shape index (κ1) is 21.3. The van der Waals surface area contributed by atoms with Crippen LogP contribution in [0.5, 0.6) is 0 Å². The minimum atomic E-state index is 0. The number of thiophene rings is 1. The first-order chi connectivity index (χ1) is 13.2. The molecule has 4 aromatic rings. The Hall–Kier alpha value is -1.46. The Balaban J connectivity index is 0.00000225. The second-order valence-corrected chi connectivity index (χ2v) is 7.46. The number of hydrogen-bond donors (Lipinski definition) is 0. The predicted molar refractivity (Wildman–Crippen MR) is 122 cm³/mol. The van der Waals surface area contributed by atoms with Gasteiger partial charge in [-0.3, -0.25) is 0 Å². The van der Waals surface area contributed by atoms with Crippen LogP contribution in [0.4, 0.5) is 5.69 Å². The van der Waals surface area contributed by atoms with Crippen molar-refractivity contribution in [3.05, 3.63) is 103 Å². The average molecular weight is 406 g/mol. The van der Waals surface area contributed by atoms with Gasteiger partial charge in [-0.15, -0.1) is 23.6 Å². The van der Waals surface area contributed by atoms with Crippen LogP contribution in [0.1, 0.15) is 12.5 Å². The normalized spacial score (nSPS) is 10.9. The van der Waals surface area contributed by atoms with Crippen molar-refractivity contribution in [3.63, 3.8) is 0 Å². The molecule has 3 heteroatoms. The topological polar surface area (TPSA) is 14.1 Å². The molecule has 0 amide bonds. The van der Waals surface area contributed by atoms with Crippen LogP contribution in [0.2, 0.25) is 0 Å². The Labute approximate surface area is 212 Å². The molecule has 0 radical (unpaired) electrons. The first-order valence-electron chi connectivity index (χ1n) is 8.90. The summed E-state index contributed by atoms with van der Waals surface area (Å²) in [6.45, 7) is 9.92. The quantitative estimate of drug-likeness (QED) is 0.309. The molecule has 132 valence electrons. The molecule has 28 heavy (non-hydrogen) atoms. The van der Waals surface area contributed by atoms with Crippen molar-refractivity contribution in [3.8, 4) is 11.1 Å². The minimum Gasteiger partial charge on any atom is -0.664 e. The zero-order chi connectivity index (χ0) is 18.8. The van der Waals surface area contributed by atoms with E-state index in [2.05, 4.69) is 73.1 Å². The molecular formula is C25H20KNS. The smallest absolute Gasteiger partial charge is 0.664 e. The fourth-order valence-corrected chi connectivity index (χ4v) is 4.47. The van der Waals surface area contributed by atoms with E-state index in [-0.39, 0.29) is 51.4 Å². The maximum Gasteiger partial charge on any atom is 1.00 e. The average Bonchev–Trinajstić information content (AvgIpc) is 3.06. The summed E-state index contributed by atoms with van der Waals surface area (Å²) in [6.07, 6.45) is 5.58. The summed E-state index contributed by atoms with van der Waals surface area (Å²) in [5.41, 5.74) is 5.23. The number of nitrogens with zero attached hydrogens (tertiary/aromatic N) is 1. The van der Waals surface area contributed by atoms with E-state index in [9.17, 15) is 0 Å². The first-order valence-corrected chi connectivity index (χ1v) is 9.72. The third-order valence-corrected chi connectivity index (χ3v) is 5.80. The molecule has 0 saturated carbocycles. The van der Waals surface area contributed by atoms with Crippen molar-refractivity contribution < 1.29 is 51.4 Å². The van der Waals surface area contributed by atoms with E-state index in [0.29, 0.717) is 0 Å². The summed E-state index contributed by atoms with van der Waals surface area (Å²) >= 11 is 1.84. The Morgan fingerprint density at radius 1 is 0.929 bits per heavy atom. The van der Waals surface area contributed by atoms with E-state index in [0.717, 1.165) is 22.4 Å². The SMILES string of the molecule is C=C[N-]c1ccc(-c2ccc3sc4ccccc4c3c2)cc1C(=C)/C=C\C.[K+]. The van der Waals surface area contributed by atoms with Crippen molar-refractivity contribution in [1.82, 2.24) is 0 Å². The summed E-state index contributed by atoms with van der Waals surface area (Å²) in [5, 5.41) is 7.02. The predicted octanol–water partition coefficient (Wildman–Crippen LogP) is 5.46. The number of allylic oxidation sites excluding steroid dienone is 3. The molecule has 1 aromatic heterocycles. The molecular weight excluding hydrogens is 385 g/mol. The summed E-state index contributed by atoms with van der Waals surface area (Å²) in [5.74, 6) is 0. The van der Waals surface area contributed by atoms with Gasteiger partial charge < -0.3 is 5.32 Å². The van der Waals surface area contributed by atoms with Crippen LogP contribution in [0.25, 0.3) is 42.2 Å². The number of rotatable bonds is 5. The Kier molecular flexibility index (Phi) is 7.10. The van der Waals surface area contributed by atoms with Crippen molar-refractivity contribution in [2.24, 2.45) is 0 Å². The molecule has 3 aromatic carbocycles. The zero-order valence-corrected chi connectivity index (χ0v) is 20.2. The van der Waals surface area contributed by atoms with Crippen LogP contribution >= 0.6 is 11.3 Å². The van der Waals surface area contributed by atoms with Gasteiger partial charge in [0.15, 0.2) is 0 Å². The fourth-order valence-electron chi connectivity index (χ4n) is 3.38. The number of fused-ring (bicyclic) bond motifs is 3. The van der Waals surface area contributed by atoms with E-state index in [1.807, 2.05) is 36.5 Å². The van der Waals surface area contributed by atoms with Crippen LogP contribution in [0.15, 0.2) is 92.2 Å². The standard InChI is InChI=1S/C25H20NS.K/c1-4-8-17(3)21-15-18(11-13-23(21)26-5-2)19-12-14-25-22(16-19)20-9-6-7-10-24(20)27-25;/h4-16H,2-3H2,1H3;/q-1;+1/b8-4-;.